The van der Waals surface area contributed by atoms with Gasteiger partial charge in [0.25, 0.3) is 0 Å². The highest BCUT2D eigenvalue weighted by Gasteiger charge is 2.18. The largest absolute Gasteiger partial charge is 0.466 e. The van der Waals surface area contributed by atoms with Crippen molar-refractivity contribution in [3.8, 4) is 0 Å². The zero-order valence-electron chi connectivity index (χ0n) is 55.5. The van der Waals surface area contributed by atoms with Gasteiger partial charge in [-0.25, -0.2) is 0 Å². The third kappa shape index (κ3) is 67.2. The van der Waals surface area contributed by atoms with Crippen LogP contribution in [0.15, 0.2) is 36.5 Å². The number of ether oxygens (including phenoxy) is 1. The van der Waals surface area contributed by atoms with Crippen molar-refractivity contribution >= 4 is 11.9 Å². The van der Waals surface area contributed by atoms with Crippen molar-refractivity contribution in [2.45, 2.75) is 424 Å². The van der Waals surface area contributed by atoms with Crippen LogP contribution in [0.5, 0.6) is 0 Å². The number of unbranched alkanes of at least 4 members (excludes halogenated alkanes) is 55. The SMILES string of the molecule is CCCCCCCCCCCCCCCCCCCC/C=C/C(O)C(CO)NC(=O)CCCCCCCCCCCCCCC/C=C\C/C=C\CCCCCCCCCCCOC(=O)CCCCCCCCCCCCCCCCCC. The molecule has 0 saturated heterocycles. The zero-order chi connectivity index (χ0) is 59.2. The number of carbonyl (C=O) groups is 2. The molecule has 6 heteroatoms. The maximum absolute atomic E-state index is 12.5. The second-order valence-corrected chi connectivity index (χ2v) is 25.6. The highest BCUT2D eigenvalue weighted by molar-refractivity contribution is 5.76. The Bertz CT molecular complexity index is 1330. The number of carbonyl (C=O) groups excluding carboxylic acids is 2. The smallest absolute Gasteiger partial charge is 0.305 e. The van der Waals surface area contributed by atoms with Crippen molar-refractivity contribution in [1.82, 2.24) is 5.32 Å². The van der Waals surface area contributed by atoms with Gasteiger partial charge in [-0.15, -0.1) is 0 Å². The van der Waals surface area contributed by atoms with Crippen LogP contribution < -0.4 is 5.32 Å². The van der Waals surface area contributed by atoms with E-state index in [-0.39, 0.29) is 18.5 Å². The van der Waals surface area contributed by atoms with Crippen molar-refractivity contribution in [3.63, 3.8) is 0 Å². The molecule has 0 heterocycles. The number of allylic oxidation sites excluding steroid dienone is 5. The van der Waals surface area contributed by atoms with E-state index in [0.717, 1.165) is 44.9 Å². The molecule has 0 spiro atoms. The van der Waals surface area contributed by atoms with Crippen LogP contribution in [0.1, 0.15) is 412 Å². The fourth-order valence-corrected chi connectivity index (χ4v) is 11.7. The molecule has 6 nitrogen and oxygen atoms in total. The highest BCUT2D eigenvalue weighted by atomic mass is 16.5. The number of aliphatic hydroxyl groups excluding tert-OH is 2. The van der Waals surface area contributed by atoms with E-state index in [1.807, 2.05) is 6.08 Å². The normalized spacial score (nSPS) is 12.7. The van der Waals surface area contributed by atoms with E-state index in [1.54, 1.807) is 6.08 Å². The topological polar surface area (TPSA) is 95.9 Å². The fraction of sp³-hybridized carbons (Fsp3) is 0.895. The second kappa shape index (κ2) is 71.6. The molecule has 1 amide bonds. The van der Waals surface area contributed by atoms with Crippen molar-refractivity contribution in [1.29, 1.82) is 0 Å². The van der Waals surface area contributed by atoms with Gasteiger partial charge in [-0.2, -0.15) is 0 Å². The molecule has 0 bridgehead atoms. The Hall–Kier alpha value is -1.92. The molecule has 0 aliphatic rings. The van der Waals surface area contributed by atoms with E-state index in [2.05, 4.69) is 43.5 Å². The third-order valence-corrected chi connectivity index (χ3v) is 17.4. The minimum absolute atomic E-state index is 0.0158. The van der Waals surface area contributed by atoms with Crippen LogP contribution in [0.2, 0.25) is 0 Å². The zero-order valence-corrected chi connectivity index (χ0v) is 55.5. The van der Waals surface area contributed by atoms with Crippen molar-refractivity contribution in [2.75, 3.05) is 13.2 Å². The van der Waals surface area contributed by atoms with Gasteiger partial charge in [-0.3, -0.25) is 9.59 Å². The van der Waals surface area contributed by atoms with Gasteiger partial charge in [0.05, 0.1) is 25.4 Å². The van der Waals surface area contributed by atoms with E-state index in [1.165, 1.54) is 340 Å². The summed E-state index contributed by atoms with van der Waals surface area (Å²) in [6.07, 6.45) is 92.4. The molecule has 3 N–H and O–H groups in total. The number of rotatable bonds is 70. The summed E-state index contributed by atoms with van der Waals surface area (Å²) < 4.78 is 5.50. The quantitative estimate of drug-likeness (QED) is 0.0320. The molecule has 2 atom stereocenters. The van der Waals surface area contributed by atoms with E-state index in [9.17, 15) is 19.8 Å². The first kappa shape index (κ1) is 80.1. The Morgan fingerprint density at radius 2 is 0.610 bits per heavy atom. The summed E-state index contributed by atoms with van der Waals surface area (Å²) in [6, 6.07) is -0.630. The predicted octanol–water partition coefficient (Wildman–Crippen LogP) is 24.3. The first-order chi connectivity index (χ1) is 40.5. The lowest BCUT2D eigenvalue weighted by Crippen LogP contribution is -2.45. The highest BCUT2D eigenvalue weighted by Crippen LogP contribution is 2.19. The summed E-state index contributed by atoms with van der Waals surface area (Å²) in [4.78, 5) is 24.6. The third-order valence-electron chi connectivity index (χ3n) is 17.4. The number of aliphatic hydroxyl groups is 2. The molecule has 0 rings (SSSR count). The van der Waals surface area contributed by atoms with Gasteiger partial charge in [0.15, 0.2) is 0 Å². The molecule has 484 valence electrons. The standard InChI is InChI=1S/C76H145NO5/c1-3-5-7-9-11-13-15-17-19-21-22-34-37-40-44-48-52-56-60-64-68-74(79)73(72-78)77-75(80)69-65-61-57-53-49-45-41-38-35-32-30-28-26-24-23-25-27-29-31-33-36-39-43-47-51-55-59-63-67-71-82-76(81)70-66-62-58-54-50-46-42-20-18-16-14-12-10-8-6-4-2/h23,25,29,31,64,68,73-74,78-79H,3-22,24,26-28,30,32-63,65-67,69-72H2,1-2H3,(H,77,80)/b25-23-,31-29-,68-64+. The summed E-state index contributed by atoms with van der Waals surface area (Å²) in [5, 5.41) is 23.2. The summed E-state index contributed by atoms with van der Waals surface area (Å²) in [7, 11) is 0. The van der Waals surface area contributed by atoms with Crippen molar-refractivity contribution < 1.29 is 24.5 Å². The summed E-state index contributed by atoms with van der Waals surface area (Å²) >= 11 is 0. The van der Waals surface area contributed by atoms with Gasteiger partial charge in [-0.1, -0.05) is 371 Å². The Morgan fingerprint density at radius 1 is 0.341 bits per heavy atom. The number of esters is 1. The molecule has 0 saturated carbocycles. The van der Waals surface area contributed by atoms with Crippen LogP contribution in [-0.2, 0) is 14.3 Å². The molecular weight excluding hydrogens is 1010 g/mol. The molecule has 2 unspecified atom stereocenters. The minimum Gasteiger partial charge on any atom is -0.466 e. The van der Waals surface area contributed by atoms with Crippen LogP contribution in [-0.4, -0.2) is 47.4 Å². The van der Waals surface area contributed by atoms with Crippen LogP contribution >= 0.6 is 0 Å². The molecule has 0 radical (unpaired) electrons. The molecule has 0 aromatic heterocycles. The Labute approximate surface area is 513 Å². The molecule has 0 aliphatic carbocycles. The van der Waals surface area contributed by atoms with Gasteiger partial charge in [0, 0.05) is 12.8 Å². The molecule has 82 heavy (non-hydrogen) atoms. The average Bonchev–Trinajstić information content (AvgIpc) is 3.48. The fourth-order valence-electron chi connectivity index (χ4n) is 11.7. The Balaban J connectivity index is 3.42. The maximum atomic E-state index is 12.5. The summed E-state index contributed by atoms with van der Waals surface area (Å²) in [6.45, 7) is 4.94. The molecule has 0 aliphatic heterocycles. The van der Waals surface area contributed by atoms with Gasteiger partial charge in [0.1, 0.15) is 0 Å². The van der Waals surface area contributed by atoms with Crippen LogP contribution in [0, 0.1) is 0 Å². The van der Waals surface area contributed by atoms with E-state index in [4.69, 9.17) is 4.74 Å². The summed E-state index contributed by atoms with van der Waals surface area (Å²) in [5.74, 6) is -0.0495. The summed E-state index contributed by atoms with van der Waals surface area (Å²) in [5.41, 5.74) is 0. The van der Waals surface area contributed by atoms with E-state index in [0.29, 0.717) is 19.4 Å². The number of nitrogens with one attached hydrogen (secondary N) is 1. The van der Waals surface area contributed by atoms with Gasteiger partial charge >= 0.3 is 5.97 Å². The molecule has 0 fully saturated rings. The van der Waals surface area contributed by atoms with Crippen molar-refractivity contribution in [3.05, 3.63) is 36.5 Å². The predicted molar refractivity (Wildman–Crippen MR) is 361 cm³/mol. The monoisotopic (exact) mass is 1150 g/mol. The Kier molecular flexibility index (Phi) is 69.9. The second-order valence-electron chi connectivity index (χ2n) is 25.6. The lowest BCUT2D eigenvalue weighted by Gasteiger charge is -2.20. The van der Waals surface area contributed by atoms with Crippen LogP contribution in [0.25, 0.3) is 0 Å². The molecule has 0 aromatic carbocycles. The van der Waals surface area contributed by atoms with Crippen LogP contribution in [0.4, 0.5) is 0 Å². The van der Waals surface area contributed by atoms with Gasteiger partial charge in [-0.05, 0) is 64.2 Å². The van der Waals surface area contributed by atoms with Crippen molar-refractivity contribution in [2.24, 2.45) is 0 Å². The molecular formula is C76H145NO5. The lowest BCUT2D eigenvalue weighted by molar-refractivity contribution is -0.143. The van der Waals surface area contributed by atoms with Gasteiger partial charge in [0.2, 0.25) is 5.91 Å². The van der Waals surface area contributed by atoms with E-state index < -0.39 is 12.1 Å². The molecule has 0 aromatic rings. The lowest BCUT2D eigenvalue weighted by atomic mass is 10.0. The van der Waals surface area contributed by atoms with E-state index >= 15 is 0 Å². The first-order valence-electron chi connectivity index (χ1n) is 37.3. The average molecular weight is 1150 g/mol. The number of hydrogen-bond acceptors (Lipinski definition) is 5. The number of hydrogen-bond donors (Lipinski definition) is 3. The minimum atomic E-state index is -0.846. The van der Waals surface area contributed by atoms with Crippen LogP contribution in [0.3, 0.4) is 0 Å². The number of amides is 1. The van der Waals surface area contributed by atoms with Gasteiger partial charge < -0.3 is 20.3 Å². The Morgan fingerprint density at radius 3 is 0.927 bits per heavy atom. The maximum Gasteiger partial charge on any atom is 0.305 e. The first-order valence-corrected chi connectivity index (χ1v) is 37.3.